The normalized spacial score (nSPS) is 11.6. The molecular weight excluding hydrogens is 292 g/mol. The van der Waals surface area contributed by atoms with E-state index in [0.717, 1.165) is 12.1 Å². The Kier molecular flexibility index (Phi) is 3.38. The predicted octanol–water partition coefficient (Wildman–Crippen LogP) is 1.95. The molecule has 0 fully saturated rings. The number of nitrogens with two attached hydrogens (primary N) is 1. The first-order chi connectivity index (χ1) is 9.24. The summed E-state index contributed by atoms with van der Waals surface area (Å²) in [6, 6.07) is 1.86. The molecule has 0 unspecified atom stereocenters. The number of hydrogen-bond acceptors (Lipinski definition) is 5. The second-order valence-corrected chi connectivity index (χ2v) is 5.70. The zero-order chi connectivity index (χ0) is 15.1. The summed E-state index contributed by atoms with van der Waals surface area (Å²) in [4.78, 5) is -0.236. The number of benzene rings is 1. The van der Waals surface area contributed by atoms with Gasteiger partial charge in [-0.3, -0.25) is 4.72 Å². The Morgan fingerprint density at radius 2 is 1.95 bits per heavy atom. The molecule has 9 heteroatoms. The molecule has 0 saturated heterocycles. The predicted molar refractivity (Wildman–Crippen MR) is 67.6 cm³/mol. The average molecular weight is 303 g/mol. The van der Waals surface area contributed by atoms with Gasteiger partial charge in [0, 0.05) is 0 Å². The van der Waals surface area contributed by atoms with Gasteiger partial charge in [-0.15, -0.1) is 0 Å². The summed E-state index contributed by atoms with van der Waals surface area (Å²) in [7, 11) is -4.19. The summed E-state index contributed by atoms with van der Waals surface area (Å²) < 4.78 is 57.7. The maximum atomic E-state index is 13.6. The van der Waals surface area contributed by atoms with Gasteiger partial charge in [-0.2, -0.15) is 0 Å². The van der Waals surface area contributed by atoms with Crippen molar-refractivity contribution in [2.45, 2.75) is 18.7 Å². The van der Waals surface area contributed by atoms with Gasteiger partial charge in [0.25, 0.3) is 10.0 Å². The van der Waals surface area contributed by atoms with E-state index < -0.39 is 27.3 Å². The van der Waals surface area contributed by atoms with Crippen LogP contribution in [0.5, 0.6) is 0 Å². The highest BCUT2D eigenvalue weighted by atomic mass is 32.2. The molecule has 0 bridgehead atoms. The van der Waals surface area contributed by atoms with Crippen LogP contribution in [0.15, 0.2) is 21.6 Å². The maximum Gasteiger partial charge on any atom is 0.267 e. The number of aromatic nitrogens is 1. The third-order valence-electron chi connectivity index (χ3n) is 2.60. The van der Waals surface area contributed by atoms with Gasteiger partial charge < -0.3 is 10.3 Å². The summed E-state index contributed by atoms with van der Waals surface area (Å²) in [5.41, 5.74) is 4.67. The van der Waals surface area contributed by atoms with Gasteiger partial charge in [0.1, 0.15) is 11.4 Å². The van der Waals surface area contributed by atoms with Crippen molar-refractivity contribution in [1.29, 1.82) is 0 Å². The molecule has 3 N–H and O–H groups in total. The first-order valence-corrected chi connectivity index (χ1v) is 6.91. The standard InChI is InChI=1S/C11H11F2N3O3S/c1-5-11(6(2)19-15-5)20(17,18)16-10-8(14)4-3-7(12)9(10)13/h3-4,16H,14H2,1-2H3. The van der Waals surface area contributed by atoms with Gasteiger partial charge >= 0.3 is 0 Å². The van der Waals surface area contributed by atoms with E-state index in [4.69, 9.17) is 10.3 Å². The van der Waals surface area contributed by atoms with Crippen molar-refractivity contribution < 1.29 is 21.7 Å². The summed E-state index contributed by atoms with van der Waals surface area (Å²) >= 11 is 0. The molecular formula is C11H11F2N3O3S. The number of nitrogens with zero attached hydrogens (tertiary/aromatic N) is 1. The number of anilines is 2. The average Bonchev–Trinajstić information content (AvgIpc) is 2.70. The highest BCUT2D eigenvalue weighted by molar-refractivity contribution is 7.92. The molecule has 108 valence electrons. The lowest BCUT2D eigenvalue weighted by Gasteiger charge is -2.11. The molecule has 0 saturated carbocycles. The number of halogens is 2. The lowest BCUT2D eigenvalue weighted by molar-refractivity contribution is 0.390. The molecule has 2 aromatic rings. The largest absolute Gasteiger partial charge is 0.397 e. The Balaban J connectivity index is 2.53. The van der Waals surface area contributed by atoms with E-state index in [0.29, 0.717) is 0 Å². The lowest BCUT2D eigenvalue weighted by atomic mass is 10.2. The molecule has 1 aromatic carbocycles. The first-order valence-electron chi connectivity index (χ1n) is 5.43. The molecule has 0 spiro atoms. The molecule has 1 aromatic heterocycles. The van der Waals surface area contributed by atoms with Crippen molar-refractivity contribution >= 4 is 21.4 Å². The molecule has 2 rings (SSSR count). The van der Waals surface area contributed by atoms with Crippen LogP contribution < -0.4 is 10.5 Å². The van der Waals surface area contributed by atoms with Gasteiger partial charge in [-0.05, 0) is 26.0 Å². The van der Waals surface area contributed by atoms with Crippen LogP contribution in [0.1, 0.15) is 11.5 Å². The van der Waals surface area contributed by atoms with Gasteiger partial charge in [0.15, 0.2) is 22.3 Å². The van der Waals surface area contributed by atoms with E-state index in [9.17, 15) is 17.2 Å². The lowest BCUT2D eigenvalue weighted by Crippen LogP contribution is -2.17. The van der Waals surface area contributed by atoms with Crippen molar-refractivity contribution in [2.75, 3.05) is 10.5 Å². The van der Waals surface area contributed by atoms with Crippen LogP contribution in [0, 0.1) is 25.5 Å². The molecule has 0 aliphatic carbocycles. The van der Waals surface area contributed by atoms with Crippen LogP contribution in [-0.4, -0.2) is 13.6 Å². The van der Waals surface area contributed by atoms with E-state index in [1.807, 2.05) is 4.72 Å². The Morgan fingerprint density at radius 1 is 1.30 bits per heavy atom. The molecule has 1 heterocycles. The van der Waals surface area contributed by atoms with E-state index in [-0.39, 0.29) is 22.0 Å². The van der Waals surface area contributed by atoms with Crippen LogP contribution >= 0.6 is 0 Å². The van der Waals surface area contributed by atoms with Crippen molar-refractivity contribution in [2.24, 2.45) is 0 Å². The van der Waals surface area contributed by atoms with Crippen LogP contribution in [0.2, 0.25) is 0 Å². The first kappa shape index (κ1) is 14.3. The molecule has 6 nitrogen and oxygen atoms in total. The summed E-state index contributed by atoms with van der Waals surface area (Å²) in [5, 5.41) is 3.49. The van der Waals surface area contributed by atoms with E-state index in [1.165, 1.54) is 13.8 Å². The number of nitrogens with one attached hydrogen (secondary N) is 1. The highest BCUT2D eigenvalue weighted by Crippen LogP contribution is 2.29. The summed E-state index contributed by atoms with van der Waals surface area (Å²) in [6.07, 6.45) is 0. The number of nitrogen functional groups attached to an aromatic ring is 1. The summed E-state index contributed by atoms with van der Waals surface area (Å²) in [6.45, 7) is 2.80. The Bertz CT molecular complexity index is 752. The molecule has 0 atom stereocenters. The minimum absolute atomic E-state index is 0.0328. The zero-order valence-corrected chi connectivity index (χ0v) is 11.4. The third-order valence-corrected chi connectivity index (χ3v) is 4.19. The number of hydrogen-bond donors (Lipinski definition) is 2. The topological polar surface area (TPSA) is 98.2 Å². The van der Waals surface area contributed by atoms with Gasteiger partial charge in [0.2, 0.25) is 0 Å². The van der Waals surface area contributed by atoms with Crippen molar-refractivity contribution in [3.63, 3.8) is 0 Å². The Hall–Kier alpha value is -2.16. The molecule has 0 amide bonds. The fraction of sp³-hybridized carbons (Fsp3) is 0.182. The maximum absolute atomic E-state index is 13.6. The second-order valence-electron chi connectivity index (χ2n) is 4.08. The van der Waals surface area contributed by atoms with Crippen molar-refractivity contribution in [3.05, 3.63) is 35.2 Å². The second kappa shape index (κ2) is 4.75. The summed E-state index contributed by atoms with van der Waals surface area (Å²) in [5.74, 6) is -2.55. The zero-order valence-electron chi connectivity index (χ0n) is 10.6. The number of sulfonamides is 1. The third kappa shape index (κ3) is 2.31. The molecule has 0 aliphatic heterocycles. The van der Waals surface area contributed by atoms with Crippen LogP contribution in [-0.2, 0) is 10.0 Å². The fourth-order valence-electron chi connectivity index (χ4n) is 1.71. The highest BCUT2D eigenvalue weighted by Gasteiger charge is 2.26. The molecule has 20 heavy (non-hydrogen) atoms. The van der Waals surface area contributed by atoms with Gasteiger partial charge in [-0.1, -0.05) is 5.16 Å². The Morgan fingerprint density at radius 3 is 2.50 bits per heavy atom. The molecule has 0 aliphatic rings. The quantitative estimate of drug-likeness (QED) is 0.844. The van der Waals surface area contributed by atoms with Gasteiger partial charge in [0.05, 0.1) is 5.69 Å². The minimum atomic E-state index is -4.19. The smallest absolute Gasteiger partial charge is 0.267 e. The Labute approximate surface area is 113 Å². The van der Waals surface area contributed by atoms with E-state index >= 15 is 0 Å². The SMILES string of the molecule is Cc1noc(C)c1S(=O)(=O)Nc1c(N)ccc(F)c1F. The van der Waals surface area contributed by atoms with Crippen LogP contribution in [0.4, 0.5) is 20.2 Å². The van der Waals surface area contributed by atoms with E-state index in [1.54, 1.807) is 0 Å². The van der Waals surface area contributed by atoms with Crippen LogP contribution in [0.25, 0.3) is 0 Å². The van der Waals surface area contributed by atoms with Crippen molar-refractivity contribution in [1.82, 2.24) is 5.16 Å². The van der Waals surface area contributed by atoms with Crippen molar-refractivity contribution in [3.8, 4) is 0 Å². The molecule has 0 radical (unpaired) electrons. The van der Waals surface area contributed by atoms with Crippen LogP contribution in [0.3, 0.4) is 0 Å². The monoisotopic (exact) mass is 303 g/mol. The fourth-order valence-corrected chi connectivity index (χ4v) is 3.13. The number of aryl methyl sites for hydroxylation is 2. The van der Waals surface area contributed by atoms with E-state index in [2.05, 4.69) is 5.16 Å². The number of rotatable bonds is 3. The van der Waals surface area contributed by atoms with Gasteiger partial charge in [-0.25, -0.2) is 17.2 Å². The minimum Gasteiger partial charge on any atom is -0.397 e.